The van der Waals surface area contributed by atoms with Crippen molar-refractivity contribution < 1.29 is 9.59 Å². The number of hydrogen-bond donors (Lipinski definition) is 3. The molecule has 0 radical (unpaired) electrons. The third-order valence-corrected chi connectivity index (χ3v) is 4.50. The second-order valence-electron chi connectivity index (χ2n) is 6.79. The normalized spacial score (nSPS) is 13.4. The summed E-state index contributed by atoms with van der Waals surface area (Å²) in [4.78, 5) is 31.7. The van der Waals surface area contributed by atoms with Crippen molar-refractivity contribution in [3.63, 3.8) is 0 Å². The molecule has 0 spiro atoms. The van der Waals surface area contributed by atoms with Crippen LogP contribution in [0.3, 0.4) is 0 Å². The molecular weight excluding hydrogens is 354 g/mol. The van der Waals surface area contributed by atoms with Gasteiger partial charge in [-0.3, -0.25) is 9.59 Å². The van der Waals surface area contributed by atoms with Gasteiger partial charge in [0.05, 0.1) is 0 Å². The Morgan fingerprint density at radius 3 is 2.46 bits per heavy atom. The molecule has 3 rings (SSSR count). The van der Waals surface area contributed by atoms with Crippen LogP contribution in [0.25, 0.3) is 0 Å². The maximum Gasteiger partial charge on any atom is 0.274 e. The number of hydrogen-bond acceptors (Lipinski definition) is 5. The van der Waals surface area contributed by atoms with Gasteiger partial charge in [0.1, 0.15) is 17.8 Å². The van der Waals surface area contributed by atoms with E-state index in [4.69, 9.17) is 0 Å². The zero-order chi connectivity index (χ0) is 19.8. The zero-order valence-electron chi connectivity index (χ0n) is 16.0. The first-order chi connectivity index (χ1) is 13.6. The molecule has 0 bridgehead atoms. The van der Waals surface area contributed by atoms with Gasteiger partial charge in [-0.25, -0.2) is 9.97 Å². The first-order valence-electron chi connectivity index (χ1n) is 9.53. The number of carbonyl (C=O) groups is 2. The highest BCUT2D eigenvalue weighted by atomic mass is 16.2. The number of amides is 2. The lowest BCUT2D eigenvalue weighted by molar-refractivity contribution is -0.114. The standard InChI is InChI=1S/C21H25N5O2/c1-15(27)25-17-7-9-18(10-8-17)26-21(28)19-13-20(24-14-23-19)22-12-11-16-5-3-2-4-6-16/h5,7-10,13-14H,2-4,6,11-12H2,1H3,(H,25,27)(H,26,28)(H,22,23,24). The van der Waals surface area contributed by atoms with Crippen LogP contribution in [0.4, 0.5) is 17.2 Å². The number of allylic oxidation sites excluding steroid dienone is 1. The molecule has 0 saturated carbocycles. The Kier molecular flexibility index (Phi) is 6.73. The van der Waals surface area contributed by atoms with Crippen molar-refractivity contribution in [2.75, 3.05) is 22.5 Å². The lowest BCUT2D eigenvalue weighted by Gasteiger charge is -2.13. The van der Waals surface area contributed by atoms with Gasteiger partial charge >= 0.3 is 0 Å². The summed E-state index contributed by atoms with van der Waals surface area (Å²) in [6.07, 6.45) is 9.63. The maximum atomic E-state index is 12.4. The topological polar surface area (TPSA) is 96.0 Å². The third-order valence-electron chi connectivity index (χ3n) is 4.50. The Bertz CT molecular complexity index is 861. The highest BCUT2D eigenvalue weighted by Crippen LogP contribution is 2.20. The summed E-state index contributed by atoms with van der Waals surface area (Å²) >= 11 is 0. The fraction of sp³-hybridized carbons (Fsp3) is 0.333. The SMILES string of the molecule is CC(=O)Nc1ccc(NC(=O)c2cc(NCCC3=CCCCC3)ncn2)cc1. The molecule has 1 aromatic heterocycles. The van der Waals surface area contributed by atoms with E-state index in [1.165, 1.54) is 44.5 Å². The largest absolute Gasteiger partial charge is 0.370 e. The van der Waals surface area contributed by atoms with E-state index >= 15 is 0 Å². The lowest BCUT2D eigenvalue weighted by atomic mass is 9.97. The van der Waals surface area contributed by atoms with Crippen molar-refractivity contribution in [3.8, 4) is 0 Å². The van der Waals surface area contributed by atoms with Crippen molar-refractivity contribution in [2.24, 2.45) is 0 Å². The van der Waals surface area contributed by atoms with Gasteiger partial charge in [0, 0.05) is 30.9 Å². The maximum absolute atomic E-state index is 12.4. The Balaban J connectivity index is 1.54. The molecule has 0 unspecified atom stereocenters. The van der Waals surface area contributed by atoms with Crippen LogP contribution in [0.1, 0.15) is 49.5 Å². The molecule has 3 N–H and O–H groups in total. The van der Waals surface area contributed by atoms with Crippen molar-refractivity contribution in [1.29, 1.82) is 0 Å². The van der Waals surface area contributed by atoms with Crippen LogP contribution in [-0.2, 0) is 4.79 Å². The van der Waals surface area contributed by atoms with Crippen molar-refractivity contribution in [2.45, 2.75) is 39.0 Å². The van der Waals surface area contributed by atoms with Gasteiger partial charge in [-0.15, -0.1) is 0 Å². The number of benzene rings is 1. The molecule has 28 heavy (non-hydrogen) atoms. The van der Waals surface area contributed by atoms with E-state index in [2.05, 4.69) is 32.0 Å². The monoisotopic (exact) mass is 379 g/mol. The molecule has 2 aromatic rings. The van der Waals surface area contributed by atoms with Crippen LogP contribution in [0.5, 0.6) is 0 Å². The summed E-state index contributed by atoms with van der Waals surface area (Å²) in [5.41, 5.74) is 3.08. The first kappa shape index (κ1) is 19.5. The van der Waals surface area contributed by atoms with Gasteiger partial charge < -0.3 is 16.0 Å². The van der Waals surface area contributed by atoms with E-state index in [9.17, 15) is 9.59 Å². The smallest absolute Gasteiger partial charge is 0.274 e. The summed E-state index contributed by atoms with van der Waals surface area (Å²) < 4.78 is 0. The quantitative estimate of drug-likeness (QED) is 0.632. The van der Waals surface area contributed by atoms with Crippen LogP contribution in [0.15, 0.2) is 48.3 Å². The minimum absolute atomic E-state index is 0.141. The molecule has 0 atom stereocenters. The number of nitrogens with one attached hydrogen (secondary N) is 3. The molecule has 146 valence electrons. The molecule has 1 heterocycles. The van der Waals surface area contributed by atoms with E-state index in [1.807, 2.05) is 0 Å². The van der Waals surface area contributed by atoms with Crippen LogP contribution < -0.4 is 16.0 Å². The second-order valence-corrected chi connectivity index (χ2v) is 6.79. The average Bonchev–Trinajstić information content (AvgIpc) is 2.70. The summed E-state index contributed by atoms with van der Waals surface area (Å²) in [5, 5.41) is 8.74. The van der Waals surface area contributed by atoms with Gasteiger partial charge in [-0.05, 0) is 56.4 Å². The Labute approximate surface area is 164 Å². The van der Waals surface area contributed by atoms with Gasteiger partial charge in [-0.2, -0.15) is 0 Å². The minimum atomic E-state index is -0.312. The number of carbonyl (C=O) groups excluding carboxylic acids is 2. The highest BCUT2D eigenvalue weighted by Gasteiger charge is 2.10. The number of aromatic nitrogens is 2. The van der Waals surface area contributed by atoms with Gasteiger partial charge in [0.2, 0.25) is 5.91 Å². The van der Waals surface area contributed by atoms with Gasteiger partial charge in [0.25, 0.3) is 5.91 Å². The predicted octanol–water partition coefficient (Wildman–Crippen LogP) is 3.99. The minimum Gasteiger partial charge on any atom is -0.370 e. The van der Waals surface area contributed by atoms with Crippen molar-refractivity contribution in [3.05, 3.63) is 54.0 Å². The molecule has 0 aliphatic heterocycles. The molecule has 7 nitrogen and oxygen atoms in total. The fourth-order valence-corrected chi connectivity index (χ4v) is 3.10. The average molecular weight is 379 g/mol. The Morgan fingerprint density at radius 1 is 1.04 bits per heavy atom. The molecule has 7 heteroatoms. The molecule has 1 aromatic carbocycles. The van der Waals surface area contributed by atoms with E-state index < -0.39 is 0 Å². The predicted molar refractivity (Wildman–Crippen MR) is 110 cm³/mol. The van der Waals surface area contributed by atoms with Crippen LogP contribution in [0.2, 0.25) is 0 Å². The van der Waals surface area contributed by atoms with E-state index in [1.54, 1.807) is 30.3 Å². The first-order valence-corrected chi connectivity index (χ1v) is 9.53. The van der Waals surface area contributed by atoms with Crippen LogP contribution in [0, 0.1) is 0 Å². The summed E-state index contributed by atoms with van der Waals surface area (Å²) in [7, 11) is 0. The Morgan fingerprint density at radius 2 is 1.79 bits per heavy atom. The molecular formula is C21H25N5O2. The van der Waals surface area contributed by atoms with E-state index in [0.717, 1.165) is 13.0 Å². The summed E-state index contributed by atoms with van der Waals surface area (Å²) in [6, 6.07) is 8.55. The van der Waals surface area contributed by atoms with Crippen LogP contribution in [-0.4, -0.2) is 28.3 Å². The summed E-state index contributed by atoms with van der Waals surface area (Å²) in [5.74, 6) is 0.183. The van der Waals surface area contributed by atoms with Gasteiger partial charge in [-0.1, -0.05) is 11.6 Å². The molecule has 1 aliphatic rings. The van der Waals surface area contributed by atoms with Crippen molar-refractivity contribution >= 4 is 29.0 Å². The number of anilines is 3. The number of nitrogens with zero attached hydrogens (tertiary/aromatic N) is 2. The second kappa shape index (κ2) is 9.64. The molecule has 0 fully saturated rings. The van der Waals surface area contributed by atoms with Crippen LogP contribution >= 0.6 is 0 Å². The molecule has 1 aliphatic carbocycles. The fourth-order valence-electron chi connectivity index (χ4n) is 3.10. The Hall–Kier alpha value is -3.22. The highest BCUT2D eigenvalue weighted by molar-refractivity contribution is 6.03. The number of rotatable bonds is 7. The van der Waals surface area contributed by atoms with E-state index in [-0.39, 0.29) is 11.8 Å². The molecule has 2 amide bonds. The zero-order valence-corrected chi connectivity index (χ0v) is 16.0. The third kappa shape index (κ3) is 5.90. The van der Waals surface area contributed by atoms with Gasteiger partial charge in [0.15, 0.2) is 0 Å². The van der Waals surface area contributed by atoms with Crippen molar-refractivity contribution in [1.82, 2.24) is 9.97 Å². The summed E-state index contributed by atoms with van der Waals surface area (Å²) in [6.45, 7) is 2.23. The lowest BCUT2D eigenvalue weighted by Crippen LogP contribution is -2.15. The molecule has 0 saturated heterocycles. The van der Waals surface area contributed by atoms with E-state index in [0.29, 0.717) is 22.9 Å².